The molecule has 0 fully saturated rings. The summed E-state index contributed by atoms with van der Waals surface area (Å²) < 4.78 is 2.08. The van der Waals surface area contributed by atoms with E-state index < -0.39 is 0 Å². The molecule has 4 nitrogen and oxygen atoms in total. The van der Waals surface area contributed by atoms with Gasteiger partial charge in [-0.05, 0) is 13.8 Å². The molecule has 2 heterocycles. The van der Waals surface area contributed by atoms with Crippen LogP contribution in [0.5, 0.6) is 0 Å². The van der Waals surface area contributed by atoms with Gasteiger partial charge in [0.05, 0.1) is 10.9 Å². The first-order valence-electron chi connectivity index (χ1n) is 5.75. The molecule has 0 aromatic carbocycles. The van der Waals surface area contributed by atoms with Crippen molar-refractivity contribution in [3.05, 3.63) is 18.1 Å². The molecule has 2 aromatic heterocycles. The predicted octanol–water partition coefficient (Wildman–Crippen LogP) is 2.36. The summed E-state index contributed by atoms with van der Waals surface area (Å²) >= 11 is 0. The lowest BCUT2D eigenvalue weighted by molar-refractivity contribution is 0.617. The van der Waals surface area contributed by atoms with E-state index in [4.69, 9.17) is 5.73 Å². The van der Waals surface area contributed by atoms with Crippen LogP contribution in [-0.2, 0) is 0 Å². The van der Waals surface area contributed by atoms with Gasteiger partial charge in [-0.15, -0.1) is 0 Å². The average Bonchev–Trinajstić information content (AvgIpc) is 2.67. The van der Waals surface area contributed by atoms with E-state index >= 15 is 0 Å². The van der Waals surface area contributed by atoms with Crippen LogP contribution in [0.15, 0.2) is 12.5 Å². The van der Waals surface area contributed by atoms with E-state index in [2.05, 4.69) is 40.2 Å². The Labute approximate surface area is 101 Å². The lowest BCUT2D eigenvalue weighted by Gasteiger charge is -2.07. The van der Waals surface area contributed by atoms with Crippen molar-refractivity contribution in [2.24, 2.45) is 0 Å². The fraction of sp³-hybridized carbons (Fsp3) is 0.385. The lowest BCUT2D eigenvalue weighted by Crippen LogP contribution is -2.00. The van der Waals surface area contributed by atoms with Crippen LogP contribution in [0.1, 0.15) is 38.8 Å². The molecule has 0 saturated carbocycles. The summed E-state index contributed by atoms with van der Waals surface area (Å²) in [5.74, 6) is 6.68. The molecule has 2 N–H and O–H groups in total. The second-order valence-corrected chi connectivity index (χ2v) is 4.16. The van der Waals surface area contributed by atoms with Crippen molar-refractivity contribution in [3.63, 3.8) is 0 Å². The van der Waals surface area contributed by atoms with Crippen LogP contribution in [-0.4, -0.2) is 14.5 Å². The van der Waals surface area contributed by atoms with Gasteiger partial charge in [0.25, 0.3) is 0 Å². The fourth-order valence-electron chi connectivity index (χ4n) is 1.78. The number of hydrogen-bond donors (Lipinski definition) is 1. The third-order valence-corrected chi connectivity index (χ3v) is 2.59. The van der Waals surface area contributed by atoms with E-state index in [1.165, 1.54) is 6.33 Å². The Morgan fingerprint density at radius 3 is 2.82 bits per heavy atom. The second-order valence-electron chi connectivity index (χ2n) is 4.16. The number of anilines is 1. The molecule has 0 saturated heterocycles. The minimum Gasteiger partial charge on any atom is -0.383 e. The van der Waals surface area contributed by atoms with Crippen LogP contribution >= 0.6 is 0 Å². The molecule has 0 aliphatic rings. The van der Waals surface area contributed by atoms with Gasteiger partial charge >= 0.3 is 0 Å². The Kier molecular flexibility index (Phi) is 3.01. The molecule has 0 spiro atoms. The summed E-state index contributed by atoms with van der Waals surface area (Å²) in [4.78, 5) is 8.33. The smallest absolute Gasteiger partial charge is 0.147 e. The van der Waals surface area contributed by atoms with E-state index in [9.17, 15) is 0 Å². The average molecular weight is 228 g/mol. The summed E-state index contributed by atoms with van der Waals surface area (Å²) in [6, 6.07) is 0.323. The van der Waals surface area contributed by atoms with Gasteiger partial charge in [0, 0.05) is 18.7 Å². The third-order valence-electron chi connectivity index (χ3n) is 2.59. The highest BCUT2D eigenvalue weighted by Gasteiger charge is 2.13. The molecule has 2 aromatic rings. The van der Waals surface area contributed by atoms with Crippen molar-refractivity contribution in [3.8, 4) is 11.8 Å². The maximum atomic E-state index is 5.91. The first-order chi connectivity index (χ1) is 8.15. The molecule has 0 radical (unpaired) electrons. The molecule has 0 unspecified atom stereocenters. The molecule has 2 rings (SSSR count). The van der Waals surface area contributed by atoms with Crippen molar-refractivity contribution in [1.29, 1.82) is 0 Å². The number of fused-ring (bicyclic) bond motifs is 1. The van der Waals surface area contributed by atoms with Crippen LogP contribution < -0.4 is 5.73 Å². The third kappa shape index (κ3) is 1.96. The summed E-state index contributed by atoms with van der Waals surface area (Å²) in [7, 11) is 0. The summed E-state index contributed by atoms with van der Waals surface area (Å²) in [5.41, 5.74) is 7.68. The van der Waals surface area contributed by atoms with E-state index in [-0.39, 0.29) is 0 Å². The van der Waals surface area contributed by atoms with Gasteiger partial charge in [-0.3, -0.25) is 0 Å². The van der Waals surface area contributed by atoms with Gasteiger partial charge in [-0.25, -0.2) is 9.97 Å². The highest BCUT2D eigenvalue weighted by Crippen LogP contribution is 2.25. The summed E-state index contributed by atoms with van der Waals surface area (Å²) in [6.45, 7) is 6.23. The zero-order chi connectivity index (χ0) is 12.4. The number of aromatic nitrogens is 3. The van der Waals surface area contributed by atoms with Crippen molar-refractivity contribution < 1.29 is 0 Å². The topological polar surface area (TPSA) is 56.7 Å². The van der Waals surface area contributed by atoms with Crippen molar-refractivity contribution in [2.75, 3.05) is 5.73 Å². The lowest BCUT2D eigenvalue weighted by atomic mass is 10.2. The Hall–Kier alpha value is -2.02. The monoisotopic (exact) mass is 228 g/mol. The molecule has 17 heavy (non-hydrogen) atoms. The number of nitrogen functional groups attached to an aromatic ring is 1. The van der Waals surface area contributed by atoms with Crippen LogP contribution in [0.2, 0.25) is 0 Å². The zero-order valence-electron chi connectivity index (χ0n) is 10.4. The molecule has 0 amide bonds. The molecule has 4 heteroatoms. The van der Waals surface area contributed by atoms with Crippen molar-refractivity contribution in [1.82, 2.24) is 14.5 Å². The Balaban J connectivity index is 2.76. The fourth-order valence-corrected chi connectivity index (χ4v) is 1.78. The standard InChI is InChI=1S/C13H16N4/c1-4-5-6-10-7-17(9(2)3)13-11(10)12(14)15-8-16-13/h7-9H,4H2,1-3H3,(H2,14,15,16). The SMILES string of the molecule is CCC#Cc1cn(C(C)C)c2ncnc(N)c12. The number of nitrogens with two attached hydrogens (primary N) is 1. The normalized spacial score (nSPS) is 10.6. The Bertz CT molecular complexity index is 599. The number of hydrogen-bond acceptors (Lipinski definition) is 3. The maximum Gasteiger partial charge on any atom is 0.147 e. The molecular weight excluding hydrogens is 212 g/mol. The van der Waals surface area contributed by atoms with Gasteiger partial charge in [-0.1, -0.05) is 18.8 Å². The number of rotatable bonds is 1. The van der Waals surface area contributed by atoms with Crippen LogP contribution in [0, 0.1) is 11.8 Å². The maximum absolute atomic E-state index is 5.91. The van der Waals surface area contributed by atoms with Gasteiger partial charge in [-0.2, -0.15) is 0 Å². The molecule has 0 bridgehead atoms. The van der Waals surface area contributed by atoms with Gasteiger partial charge in [0.2, 0.25) is 0 Å². The zero-order valence-corrected chi connectivity index (χ0v) is 10.4. The molecule has 0 atom stereocenters. The van der Waals surface area contributed by atoms with E-state index in [0.717, 1.165) is 23.0 Å². The number of nitrogens with zero attached hydrogens (tertiary/aromatic N) is 3. The van der Waals surface area contributed by atoms with Gasteiger partial charge < -0.3 is 10.3 Å². The second kappa shape index (κ2) is 4.46. The largest absolute Gasteiger partial charge is 0.383 e. The molecular formula is C13H16N4. The molecule has 88 valence electrons. The Morgan fingerprint density at radius 2 is 2.18 bits per heavy atom. The van der Waals surface area contributed by atoms with E-state index in [0.29, 0.717) is 11.9 Å². The quantitative estimate of drug-likeness (QED) is 0.762. The van der Waals surface area contributed by atoms with Crippen molar-refractivity contribution in [2.45, 2.75) is 33.2 Å². The summed E-state index contributed by atoms with van der Waals surface area (Å²) in [6.07, 6.45) is 4.32. The minimum absolute atomic E-state index is 0.323. The summed E-state index contributed by atoms with van der Waals surface area (Å²) in [5, 5.41) is 0.863. The van der Waals surface area contributed by atoms with Crippen molar-refractivity contribution >= 4 is 16.9 Å². The first kappa shape index (κ1) is 11.5. The van der Waals surface area contributed by atoms with Gasteiger partial charge in [0.1, 0.15) is 17.8 Å². The van der Waals surface area contributed by atoms with E-state index in [1.807, 2.05) is 13.1 Å². The highest BCUT2D eigenvalue weighted by atomic mass is 15.1. The van der Waals surface area contributed by atoms with Crippen LogP contribution in [0.25, 0.3) is 11.0 Å². The predicted molar refractivity (Wildman–Crippen MR) is 69.5 cm³/mol. The molecule has 0 aliphatic heterocycles. The first-order valence-corrected chi connectivity index (χ1v) is 5.75. The minimum atomic E-state index is 0.323. The van der Waals surface area contributed by atoms with Crippen LogP contribution in [0.4, 0.5) is 5.82 Å². The van der Waals surface area contributed by atoms with Gasteiger partial charge in [0.15, 0.2) is 0 Å². The van der Waals surface area contributed by atoms with Crippen LogP contribution in [0.3, 0.4) is 0 Å². The molecule has 0 aliphatic carbocycles. The Morgan fingerprint density at radius 1 is 1.41 bits per heavy atom. The highest BCUT2D eigenvalue weighted by molar-refractivity contribution is 5.92. The van der Waals surface area contributed by atoms with E-state index in [1.54, 1.807) is 0 Å².